The third-order valence-electron chi connectivity index (χ3n) is 7.26. The van der Waals surface area contributed by atoms with Gasteiger partial charge in [0, 0.05) is 45.0 Å². The van der Waals surface area contributed by atoms with Crippen molar-refractivity contribution < 1.29 is 0 Å². The fraction of sp³-hybridized carbons (Fsp3) is 0.0968. The van der Waals surface area contributed by atoms with Crippen LogP contribution in [0.1, 0.15) is 18.2 Å². The number of benzene rings is 4. The number of para-hydroxylation sites is 4. The quantitative estimate of drug-likeness (QED) is 0.269. The van der Waals surface area contributed by atoms with Crippen LogP contribution in [0.3, 0.4) is 0 Å². The second-order valence-corrected chi connectivity index (χ2v) is 9.29. The molecule has 0 aliphatic heterocycles. The summed E-state index contributed by atoms with van der Waals surface area (Å²) in [5, 5.41) is 3.98. The largest absolute Gasteiger partial charge is 0.331 e. The fourth-order valence-corrected chi connectivity index (χ4v) is 5.84. The first kappa shape index (κ1) is 18.5. The predicted octanol–water partition coefficient (Wildman–Crippen LogP) is 7.72. The van der Waals surface area contributed by atoms with Gasteiger partial charge in [0.05, 0.1) is 11.1 Å². The summed E-state index contributed by atoms with van der Waals surface area (Å²) in [5.41, 5.74) is 7.61. The summed E-state index contributed by atoms with van der Waals surface area (Å²) in [4.78, 5) is 0. The molecule has 0 amide bonds. The van der Waals surface area contributed by atoms with Crippen molar-refractivity contribution in [2.45, 2.75) is 18.9 Å². The molecule has 1 atom stereocenters. The third-order valence-corrected chi connectivity index (χ3v) is 7.26. The lowest BCUT2D eigenvalue weighted by Gasteiger charge is -2.33. The molecule has 4 aromatic carbocycles. The van der Waals surface area contributed by atoms with Crippen molar-refractivity contribution in [1.29, 1.82) is 0 Å². The maximum atomic E-state index is 2.55. The molecule has 2 aromatic heterocycles. The summed E-state index contributed by atoms with van der Waals surface area (Å²) < 4.78 is 4.96. The monoisotopic (exact) mass is 424 g/mol. The SMILES string of the molecule is CC1(n2c3ccccc3c3ccccc32)C=Cc2c(c3ccccc3n2-c2ccccc2)C1. The van der Waals surface area contributed by atoms with Gasteiger partial charge in [-0.1, -0.05) is 78.9 Å². The highest BCUT2D eigenvalue weighted by atomic mass is 15.1. The van der Waals surface area contributed by atoms with Gasteiger partial charge in [-0.3, -0.25) is 0 Å². The molecule has 7 rings (SSSR count). The molecule has 2 nitrogen and oxygen atoms in total. The van der Waals surface area contributed by atoms with Crippen LogP contribution in [0.2, 0.25) is 0 Å². The average Bonchev–Trinajstić information content (AvgIpc) is 3.38. The predicted molar refractivity (Wildman–Crippen MR) is 139 cm³/mol. The Balaban J connectivity index is 1.51. The Morgan fingerprint density at radius 2 is 1.15 bits per heavy atom. The van der Waals surface area contributed by atoms with E-state index in [1.165, 1.54) is 49.7 Å². The van der Waals surface area contributed by atoms with Gasteiger partial charge in [0.25, 0.3) is 0 Å². The second-order valence-electron chi connectivity index (χ2n) is 9.29. The second kappa shape index (κ2) is 6.73. The van der Waals surface area contributed by atoms with Gasteiger partial charge in [0.2, 0.25) is 0 Å². The van der Waals surface area contributed by atoms with Crippen molar-refractivity contribution >= 4 is 38.8 Å². The van der Waals surface area contributed by atoms with E-state index in [0.29, 0.717) is 0 Å². The van der Waals surface area contributed by atoms with E-state index in [1.54, 1.807) is 0 Å². The molecule has 6 aromatic rings. The number of aromatic nitrogens is 2. The zero-order valence-corrected chi connectivity index (χ0v) is 18.6. The zero-order valence-electron chi connectivity index (χ0n) is 18.6. The molecule has 0 bridgehead atoms. The van der Waals surface area contributed by atoms with Crippen molar-refractivity contribution in [2.75, 3.05) is 0 Å². The van der Waals surface area contributed by atoms with E-state index in [2.05, 4.69) is 131 Å². The van der Waals surface area contributed by atoms with E-state index in [9.17, 15) is 0 Å². The van der Waals surface area contributed by atoms with Crippen molar-refractivity contribution in [2.24, 2.45) is 0 Å². The Hall–Kier alpha value is -4.04. The molecule has 1 unspecified atom stereocenters. The molecule has 33 heavy (non-hydrogen) atoms. The molecule has 1 aliphatic carbocycles. The number of nitrogens with zero attached hydrogens (tertiary/aromatic N) is 2. The minimum Gasteiger partial charge on any atom is -0.331 e. The number of hydrogen-bond acceptors (Lipinski definition) is 0. The molecule has 1 aliphatic rings. The Labute approximate surface area is 193 Å². The summed E-state index contributed by atoms with van der Waals surface area (Å²) >= 11 is 0. The summed E-state index contributed by atoms with van der Waals surface area (Å²) in [5.74, 6) is 0. The van der Waals surface area contributed by atoms with Crippen molar-refractivity contribution in [1.82, 2.24) is 9.13 Å². The van der Waals surface area contributed by atoms with Gasteiger partial charge in [-0.25, -0.2) is 0 Å². The van der Waals surface area contributed by atoms with Crippen molar-refractivity contribution in [3.63, 3.8) is 0 Å². The zero-order chi connectivity index (χ0) is 22.0. The van der Waals surface area contributed by atoms with E-state index in [0.717, 1.165) is 6.42 Å². The molecule has 158 valence electrons. The Kier molecular flexibility index (Phi) is 3.78. The normalized spacial score (nSPS) is 17.7. The average molecular weight is 425 g/mol. The molecule has 0 saturated heterocycles. The molecule has 2 heterocycles. The van der Waals surface area contributed by atoms with E-state index in [-0.39, 0.29) is 5.54 Å². The van der Waals surface area contributed by atoms with Crippen LogP contribution in [0.25, 0.3) is 44.5 Å². The number of allylic oxidation sites excluding steroid dienone is 1. The maximum absolute atomic E-state index is 2.55. The minimum atomic E-state index is -0.165. The lowest BCUT2D eigenvalue weighted by molar-refractivity contribution is 0.431. The van der Waals surface area contributed by atoms with E-state index in [4.69, 9.17) is 0 Å². The number of hydrogen-bond donors (Lipinski definition) is 0. The fourth-order valence-electron chi connectivity index (χ4n) is 5.84. The van der Waals surface area contributed by atoms with Crippen LogP contribution in [0.4, 0.5) is 0 Å². The summed E-state index contributed by atoms with van der Waals surface area (Å²) in [6, 6.07) is 37.1. The highest BCUT2D eigenvalue weighted by molar-refractivity contribution is 6.08. The number of rotatable bonds is 2. The van der Waals surface area contributed by atoms with Crippen LogP contribution < -0.4 is 0 Å². The van der Waals surface area contributed by atoms with E-state index < -0.39 is 0 Å². The van der Waals surface area contributed by atoms with E-state index >= 15 is 0 Å². The first-order valence-electron chi connectivity index (χ1n) is 11.6. The van der Waals surface area contributed by atoms with Crippen molar-refractivity contribution in [3.05, 3.63) is 120 Å². The Morgan fingerprint density at radius 3 is 1.82 bits per heavy atom. The first-order valence-corrected chi connectivity index (χ1v) is 11.6. The van der Waals surface area contributed by atoms with Gasteiger partial charge in [0.1, 0.15) is 0 Å². The van der Waals surface area contributed by atoms with Crippen LogP contribution in [0.5, 0.6) is 0 Å². The molecule has 2 heteroatoms. The van der Waals surface area contributed by atoms with Gasteiger partial charge < -0.3 is 9.13 Å². The summed E-state index contributed by atoms with van der Waals surface area (Å²) in [6.45, 7) is 2.37. The van der Waals surface area contributed by atoms with Gasteiger partial charge in [-0.2, -0.15) is 0 Å². The van der Waals surface area contributed by atoms with E-state index in [1.807, 2.05) is 0 Å². The molecule has 0 N–H and O–H groups in total. The van der Waals surface area contributed by atoms with Gasteiger partial charge >= 0.3 is 0 Å². The Morgan fingerprint density at radius 1 is 0.606 bits per heavy atom. The van der Waals surface area contributed by atoms with Crippen LogP contribution in [-0.4, -0.2) is 9.13 Å². The molecular formula is C31H24N2. The van der Waals surface area contributed by atoms with Crippen LogP contribution in [-0.2, 0) is 12.0 Å². The van der Waals surface area contributed by atoms with Gasteiger partial charge in [-0.05, 0) is 48.9 Å². The summed E-state index contributed by atoms with van der Waals surface area (Å²) in [7, 11) is 0. The topological polar surface area (TPSA) is 9.86 Å². The van der Waals surface area contributed by atoms with Crippen LogP contribution >= 0.6 is 0 Å². The third kappa shape index (κ3) is 2.55. The molecule has 0 fully saturated rings. The van der Waals surface area contributed by atoms with Gasteiger partial charge in [-0.15, -0.1) is 0 Å². The highest BCUT2D eigenvalue weighted by Crippen LogP contribution is 2.42. The lowest BCUT2D eigenvalue weighted by atomic mass is 9.85. The summed E-state index contributed by atoms with van der Waals surface area (Å²) in [6.07, 6.45) is 5.70. The first-order chi connectivity index (χ1) is 16.2. The minimum absolute atomic E-state index is 0.165. The standard InChI is InChI=1S/C31H24N2/c1-31(33-29-17-9-6-13-23(29)24-14-7-10-18-30(24)33)20-19-28-26(21-31)25-15-5-8-16-27(25)32(28)22-11-3-2-4-12-22/h2-20H,21H2,1H3. The Bertz CT molecular complexity index is 1640. The smallest absolute Gasteiger partial charge is 0.0650 e. The van der Waals surface area contributed by atoms with Crippen molar-refractivity contribution in [3.8, 4) is 5.69 Å². The maximum Gasteiger partial charge on any atom is 0.0650 e. The van der Waals surface area contributed by atoms with Crippen LogP contribution in [0.15, 0.2) is 109 Å². The van der Waals surface area contributed by atoms with Crippen LogP contribution in [0, 0.1) is 0 Å². The van der Waals surface area contributed by atoms with Gasteiger partial charge in [0.15, 0.2) is 0 Å². The lowest BCUT2D eigenvalue weighted by Crippen LogP contribution is -2.32. The number of fused-ring (bicyclic) bond motifs is 6. The molecule has 0 spiro atoms. The molecule has 0 radical (unpaired) electrons. The molecule has 0 saturated carbocycles. The highest BCUT2D eigenvalue weighted by Gasteiger charge is 2.33. The molecular weight excluding hydrogens is 400 g/mol.